The number of hydrogen-bond acceptors (Lipinski definition) is 4. The number of para-hydroxylation sites is 1. The van der Waals surface area contributed by atoms with Crippen LogP contribution in [0.2, 0.25) is 0 Å². The Morgan fingerprint density at radius 2 is 1.81 bits per heavy atom. The minimum atomic E-state index is -0.406. The van der Waals surface area contributed by atoms with Gasteiger partial charge in [-0.3, -0.25) is 14.9 Å². The molecule has 6 nitrogen and oxygen atoms in total. The van der Waals surface area contributed by atoms with Crippen molar-refractivity contribution in [2.45, 2.75) is 44.9 Å². The van der Waals surface area contributed by atoms with E-state index in [2.05, 4.69) is 4.90 Å². The fourth-order valence-corrected chi connectivity index (χ4v) is 4.25. The van der Waals surface area contributed by atoms with Gasteiger partial charge in [0.2, 0.25) is 5.91 Å². The van der Waals surface area contributed by atoms with Gasteiger partial charge in [0.1, 0.15) is 0 Å². The predicted octanol–water partition coefficient (Wildman–Crippen LogP) is 3.25. The molecule has 1 aromatic carbocycles. The van der Waals surface area contributed by atoms with Gasteiger partial charge in [-0.25, -0.2) is 0 Å². The molecule has 0 radical (unpaired) electrons. The van der Waals surface area contributed by atoms with Gasteiger partial charge in [0.05, 0.1) is 11.3 Å². The van der Waals surface area contributed by atoms with E-state index in [9.17, 15) is 14.9 Å². The van der Waals surface area contributed by atoms with Crippen LogP contribution in [0.5, 0.6) is 0 Å². The Bertz CT molecular complexity index is 628. The second kappa shape index (κ2) is 9.12. The minimum absolute atomic E-state index is 0.00110. The van der Waals surface area contributed by atoms with Crippen molar-refractivity contribution in [2.75, 3.05) is 32.7 Å². The average Bonchev–Trinajstić information content (AvgIpc) is 2.88. The maximum absolute atomic E-state index is 12.7. The Balaban J connectivity index is 1.53. The van der Waals surface area contributed by atoms with Crippen molar-refractivity contribution in [2.24, 2.45) is 5.92 Å². The fraction of sp³-hybridized carbons (Fsp3) is 0.650. The highest BCUT2D eigenvalue weighted by atomic mass is 16.6. The third-order valence-electron chi connectivity index (χ3n) is 5.71. The number of nitrogens with zero attached hydrogens (tertiary/aromatic N) is 3. The first-order valence-corrected chi connectivity index (χ1v) is 9.86. The second-order valence-corrected chi connectivity index (χ2v) is 7.60. The van der Waals surface area contributed by atoms with Crippen LogP contribution in [0, 0.1) is 16.0 Å². The summed E-state index contributed by atoms with van der Waals surface area (Å²) in [5.41, 5.74) is 0.542. The van der Waals surface area contributed by atoms with Gasteiger partial charge >= 0.3 is 0 Å². The van der Waals surface area contributed by atoms with Gasteiger partial charge in [-0.1, -0.05) is 37.5 Å². The van der Waals surface area contributed by atoms with Crippen molar-refractivity contribution < 1.29 is 9.72 Å². The van der Waals surface area contributed by atoms with E-state index in [4.69, 9.17) is 0 Å². The molecule has 2 aliphatic rings. The lowest BCUT2D eigenvalue weighted by atomic mass is 9.89. The summed E-state index contributed by atoms with van der Waals surface area (Å²) in [6.07, 6.45) is 7.88. The van der Waals surface area contributed by atoms with E-state index in [1.165, 1.54) is 38.2 Å². The number of hydrogen-bond donors (Lipinski definition) is 0. The van der Waals surface area contributed by atoms with Crippen LogP contribution in [-0.2, 0) is 11.2 Å². The molecule has 142 valence electrons. The number of carbonyl (C=O) groups is 1. The molecule has 6 heteroatoms. The molecule has 0 spiro atoms. The van der Waals surface area contributed by atoms with Crippen molar-refractivity contribution in [1.82, 2.24) is 9.80 Å². The molecule has 26 heavy (non-hydrogen) atoms. The van der Waals surface area contributed by atoms with Crippen LogP contribution in [0.1, 0.15) is 44.1 Å². The zero-order valence-corrected chi connectivity index (χ0v) is 15.4. The van der Waals surface area contributed by atoms with Gasteiger partial charge in [-0.05, 0) is 31.7 Å². The van der Waals surface area contributed by atoms with Crippen molar-refractivity contribution in [3.05, 3.63) is 39.9 Å². The Morgan fingerprint density at radius 1 is 1.04 bits per heavy atom. The molecule has 0 N–H and O–H groups in total. The first kappa shape index (κ1) is 18.8. The number of amides is 1. The summed E-state index contributed by atoms with van der Waals surface area (Å²) in [5.74, 6) is 0.816. The maximum atomic E-state index is 12.7. The monoisotopic (exact) mass is 359 g/mol. The van der Waals surface area contributed by atoms with Crippen LogP contribution in [0.3, 0.4) is 0 Å². The molecule has 1 aromatic rings. The lowest BCUT2D eigenvalue weighted by molar-refractivity contribution is -0.385. The van der Waals surface area contributed by atoms with Crippen molar-refractivity contribution >= 4 is 11.6 Å². The quantitative estimate of drug-likeness (QED) is 0.598. The van der Waals surface area contributed by atoms with Crippen molar-refractivity contribution in [3.63, 3.8) is 0 Å². The third-order valence-corrected chi connectivity index (χ3v) is 5.71. The van der Waals surface area contributed by atoms with Crippen LogP contribution in [0.25, 0.3) is 0 Å². The summed E-state index contributed by atoms with van der Waals surface area (Å²) in [7, 11) is 0. The number of rotatable bonds is 5. The van der Waals surface area contributed by atoms with Crippen LogP contribution in [-0.4, -0.2) is 53.4 Å². The minimum Gasteiger partial charge on any atom is -0.341 e. The highest BCUT2D eigenvalue weighted by Crippen LogP contribution is 2.25. The molecular weight excluding hydrogens is 330 g/mol. The van der Waals surface area contributed by atoms with E-state index >= 15 is 0 Å². The van der Waals surface area contributed by atoms with Crippen molar-refractivity contribution in [1.29, 1.82) is 0 Å². The molecule has 0 aromatic heterocycles. The van der Waals surface area contributed by atoms with E-state index in [-0.39, 0.29) is 18.0 Å². The SMILES string of the molecule is O=C(Cc1ccccc1[N+](=O)[O-])N1CCCN(CC2CCCCC2)CC1. The topological polar surface area (TPSA) is 66.7 Å². The summed E-state index contributed by atoms with van der Waals surface area (Å²) in [5, 5.41) is 11.1. The smallest absolute Gasteiger partial charge is 0.273 e. The Kier molecular flexibility index (Phi) is 6.61. The molecule has 1 heterocycles. The fourth-order valence-electron chi connectivity index (χ4n) is 4.25. The summed E-state index contributed by atoms with van der Waals surface area (Å²) in [6.45, 7) is 4.60. The van der Waals surface area contributed by atoms with Crippen LogP contribution in [0.15, 0.2) is 24.3 Å². The molecule has 2 fully saturated rings. The molecule has 0 unspecified atom stereocenters. The van der Waals surface area contributed by atoms with Gasteiger partial charge in [-0.2, -0.15) is 0 Å². The van der Waals surface area contributed by atoms with E-state index in [1.807, 2.05) is 4.90 Å². The van der Waals surface area contributed by atoms with E-state index in [1.54, 1.807) is 18.2 Å². The largest absolute Gasteiger partial charge is 0.341 e. The van der Waals surface area contributed by atoms with Crippen LogP contribution >= 0.6 is 0 Å². The first-order chi connectivity index (χ1) is 12.6. The second-order valence-electron chi connectivity index (χ2n) is 7.60. The molecule has 1 amide bonds. The Morgan fingerprint density at radius 3 is 2.58 bits per heavy atom. The number of nitro benzene ring substituents is 1. The Labute approximate surface area is 155 Å². The molecule has 1 saturated heterocycles. The molecule has 0 bridgehead atoms. The Hall–Kier alpha value is -1.95. The molecule has 1 aliphatic carbocycles. The lowest BCUT2D eigenvalue weighted by Crippen LogP contribution is -2.37. The maximum Gasteiger partial charge on any atom is 0.273 e. The zero-order valence-electron chi connectivity index (χ0n) is 15.4. The summed E-state index contributed by atoms with van der Waals surface area (Å²) in [6, 6.07) is 6.55. The highest BCUT2D eigenvalue weighted by Gasteiger charge is 2.24. The van der Waals surface area contributed by atoms with Crippen LogP contribution in [0.4, 0.5) is 5.69 Å². The first-order valence-electron chi connectivity index (χ1n) is 9.86. The molecule has 0 atom stereocenters. The van der Waals surface area contributed by atoms with E-state index < -0.39 is 4.92 Å². The standard InChI is InChI=1S/C20H29N3O3/c24-20(15-18-9-4-5-10-19(18)23(25)26)22-12-6-11-21(13-14-22)16-17-7-2-1-3-8-17/h4-5,9-10,17H,1-3,6-8,11-16H2. The number of nitro groups is 1. The number of carbonyl (C=O) groups excluding carboxylic acids is 1. The zero-order chi connectivity index (χ0) is 18.4. The molecule has 1 saturated carbocycles. The third kappa shape index (κ3) is 5.04. The summed E-state index contributed by atoms with van der Waals surface area (Å²) < 4.78 is 0. The van der Waals surface area contributed by atoms with Gasteiger partial charge in [-0.15, -0.1) is 0 Å². The average molecular weight is 359 g/mol. The normalized spacial score (nSPS) is 19.9. The number of benzene rings is 1. The van der Waals surface area contributed by atoms with Gasteiger partial charge in [0.25, 0.3) is 5.69 Å². The molecule has 3 rings (SSSR count). The van der Waals surface area contributed by atoms with E-state index in [0.717, 1.165) is 45.1 Å². The molecule has 1 aliphatic heterocycles. The van der Waals surface area contributed by atoms with Gasteiger partial charge in [0, 0.05) is 37.8 Å². The predicted molar refractivity (Wildman–Crippen MR) is 101 cm³/mol. The molecular formula is C20H29N3O3. The summed E-state index contributed by atoms with van der Waals surface area (Å²) >= 11 is 0. The lowest BCUT2D eigenvalue weighted by Gasteiger charge is -2.28. The van der Waals surface area contributed by atoms with E-state index in [0.29, 0.717) is 5.56 Å². The highest BCUT2D eigenvalue weighted by molar-refractivity contribution is 5.80. The van der Waals surface area contributed by atoms with Gasteiger partial charge in [0.15, 0.2) is 0 Å². The van der Waals surface area contributed by atoms with Crippen LogP contribution < -0.4 is 0 Å². The van der Waals surface area contributed by atoms with Gasteiger partial charge < -0.3 is 9.80 Å². The van der Waals surface area contributed by atoms with Crippen molar-refractivity contribution in [3.8, 4) is 0 Å². The summed E-state index contributed by atoms with van der Waals surface area (Å²) in [4.78, 5) is 27.8.